The molecule has 4 aromatic rings. The van der Waals surface area contributed by atoms with Crippen LogP contribution < -0.4 is 10.6 Å². The number of aromatic nitrogens is 5. The summed E-state index contributed by atoms with van der Waals surface area (Å²) in [6.07, 6.45) is 4.56. The summed E-state index contributed by atoms with van der Waals surface area (Å²) >= 11 is 6.11. The smallest absolute Gasteiger partial charge is 0.367 e. The van der Waals surface area contributed by atoms with Crippen LogP contribution in [0.5, 0.6) is 0 Å². The highest BCUT2D eigenvalue weighted by atomic mass is 35.5. The average molecular weight is 748 g/mol. The second kappa shape index (κ2) is 14.2. The van der Waals surface area contributed by atoms with E-state index in [-0.39, 0.29) is 41.4 Å². The average Bonchev–Trinajstić information content (AvgIpc) is 3.35. The SMILES string of the molecule is CC1(C)OC2C(n3ccc4c(NC5CC5)ncnc43)C[C@H](CNCCCCc3nc4cc(C(F)(F)F)c(Cl)cc4n3COCC[Si](C)(C)C)[C@H]2O1. The molecule has 4 atom stereocenters. The molecule has 15 heteroatoms. The summed E-state index contributed by atoms with van der Waals surface area (Å²) in [5.41, 5.74) is 0.862. The number of imidazole rings is 1. The van der Waals surface area contributed by atoms with Gasteiger partial charge in [0.15, 0.2) is 5.79 Å². The predicted octanol–water partition coefficient (Wildman–Crippen LogP) is 8.03. The van der Waals surface area contributed by atoms with Crippen molar-refractivity contribution in [3.8, 4) is 0 Å². The Morgan fingerprint density at radius 1 is 1.10 bits per heavy atom. The highest BCUT2D eigenvalue weighted by molar-refractivity contribution is 6.76. The molecule has 7 rings (SSSR count). The van der Waals surface area contributed by atoms with E-state index in [1.807, 2.05) is 18.4 Å². The Labute approximate surface area is 302 Å². The normalized spacial score (nSPS) is 23.5. The number of nitrogens with one attached hydrogen (secondary N) is 2. The van der Waals surface area contributed by atoms with E-state index < -0.39 is 25.6 Å². The number of nitrogens with zero attached hydrogens (tertiary/aromatic N) is 5. The molecule has 2 N–H and O–H groups in total. The number of ether oxygens (including phenoxy) is 3. The summed E-state index contributed by atoms with van der Waals surface area (Å²) in [5, 5.41) is 7.88. The highest BCUT2D eigenvalue weighted by Gasteiger charge is 2.54. The minimum Gasteiger partial charge on any atom is -0.367 e. The highest BCUT2D eigenvalue weighted by Crippen LogP contribution is 2.48. The van der Waals surface area contributed by atoms with Gasteiger partial charge in [-0.1, -0.05) is 31.2 Å². The van der Waals surface area contributed by atoms with Crippen molar-refractivity contribution in [2.45, 2.75) is 121 Å². The standard InChI is InChI=1S/C36H49ClF3N7O3Si/c1-35(2)49-31-22(16-29(32(31)50-35)46-13-11-24-33(44-23-9-10-23)42-20-43-34(24)46)19-41-12-7-6-8-30-45-27-17-25(36(38,39)40)26(37)18-28(27)47(30)21-48-14-15-51(3,4)5/h11,13,17-18,20,22-23,29,31-32,41H,6-10,12,14-16,19,21H2,1-5H3,(H,42,43,44)/t22-,29?,31-,32?/m1/s1. The molecule has 2 unspecified atom stereocenters. The van der Waals surface area contributed by atoms with Crippen molar-refractivity contribution in [2.24, 2.45) is 5.92 Å². The molecule has 51 heavy (non-hydrogen) atoms. The zero-order valence-electron chi connectivity index (χ0n) is 30.0. The lowest BCUT2D eigenvalue weighted by Crippen LogP contribution is -2.33. The molecule has 1 saturated heterocycles. The van der Waals surface area contributed by atoms with Gasteiger partial charge in [0, 0.05) is 45.8 Å². The Morgan fingerprint density at radius 3 is 2.63 bits per heavy atom. The van der Waals surface area contributed by atoms with Crippen molar-refractivity contribution in [2.75, 3.05) is 25.0 Å². The van der Waals surface area contributed by atoms with Gasteiger partial charge in [0.2, 0.25) is 0 Å². The molecule has 0 radical (unpaired) electrons. The van der Waals surface area contributed by atoms with Crippen LogP contribution in [-0.4, -0.2) is 75.9 Å². The summed E-state index contributed by atoms with van der Waals surface area (Å²) in [4.78, 5) is 13.8. The van der Waals surface area contributed by atoms with E-state index in [1.165, 1.54) is 18.9 Å². The summed E-state index contributed by atoms with van der Waals surface area (Å²) in [5.74, 6) is 1.16. The second-order valence-corrected chi connectivity index (χ2v) is 22.0. The van der Waals surface area contributed by atoms with Gasteiger partial charge >= 0.3 is 6.18 Å². The maximum atomic E-state index is 13.6. The quantitative estimate of drug-likeness (QED) is 0.0932. The fourth-order valence-electron chi connectivity index (χ4n) is 7.41. The number of rotatable bonds is 15. The van der Waals surface area contributed by atoms with Crippen LogP contribution in [-0.2, 0) is 33.5 Å². The van der Waals surface area contributed by atoms with Gasteiger partial charge < -0.3 is 34.0 Å². The fraction of sp³-hybridized carbons (Fsp3) is 0.639. The molecule has 1 aliphatic heterocycles. The first-order valence-corrected chi connectivity index (χ1v) is 22.2. The Morgan fingerprint density at radius 2 is 1.88 bits per heavy atom. The van der Waals surface area contributed by atoms with E-state index in [1.54, 1.807) is 6.33 Å². The number of anilines is 1. The zero-order chi connectivity index (χ0) is 36.1. The van der Waals surface area contributed by atoms with E-state index in [9.17, 15) is 13.2 Å². The Hall–Kier alpha value is -2.75. The van der Waals surface area contributed by atoms with Crippen LogP contribution in [0.3, 0.4) is 0 Å². The van der Waals surface area contributed by atoms with Gasteiger partial charge in [-0.25, -0.2) is 15.0 Å². The number of unbranched alkanes of at least 4 members (excludes halogenated alkanes) is 1. The van der Waals surface area contributed by atoms with Crippen molar-refractivity contribution in [3.05, 3.63) is 47.1 Å². The minimum absolute atomic E-state index is 0.0462. The molecule has 3 aliphatic rings. The van der Waals surface area contributed by atoms with Gasteiger partial charge in [-0.15, -0.1) is 0 Å². The number of hydrogen-bond acceptors (Lipinski definition) is 8. The summed E-state index contributed by atoms with van der Waals surface area (Å²) < 4.78 is 64.0. The van der Waals surface area contributed by atoms with Crippen LogP contribution in [0.15, 0.2) is 30.7 Å². The van der Waals surface area contributed by atoms with Gasteiger partial charge in [-0.3, -0.25) is 0 Å². The number of fused-ring (bicyclic) bond motifs is 3. The number of benzene rings is 1. The number of aryl methyl sites for hydroxylation is 1. The van der Waals surface area contributed by atoms with Crippen LogP contribution in [0.1, 0.15) is 63.4 Å². The van der Waals surface area contributed by atoms with Crippen LogP contribution in [0.25, 0.3) is 22.1 Å². The van der Waals surface area contributed by atoms with Crippen molar-refractivity contribution >= 4 is 47.6 Å². The van der Waals surface area contributed by atoms with E-state index in [2.05, 4.69) is 62.1 Å². The first kappa shape index (κ1) is 36.6. The summed E-state index contributed by atoms with van der Waals surface area (Å²) in [6.45, 7) is 13.2. The van der Waals surface area contributed by atoms with E-state index in [0.29, 0.717) is 30.4 Å². The molecular weight excluding hydrogens is 699 g/mol. The van der Waals surface area contributed by atoms with Crippen LogP contribution >= 0.6 is 11.6 Å². The van der Waals surface area contributed by atoms with E-state index in [0.717, 1.165) is 61.3 Å². The van der Waals surface area contributed by atoms with Crippen LogP contribution in [0, 0.1) is 5.92 Å². The second-order valence-electron chi connectivity index (χ2n) is 16.0. The lowest BCUT2D eigenvalue weighted by atomic mass is 10.1. The summed E-state index contributed by atoms with van der Waals surface area (Å²) in [6, 6.07) is 6.08. The Bertz CT molecular complexity index is 1860. The predicted molar refractivity (Wildman–Crippen MR) is 195 cm³/mol. The molecule has 2 aliphatic carbocycles. The van der Waals surface area contributed by atoms with Crippen molar-refractivity contribution in [3.63, 3.8) is 0 Å². The number of alkyl halides is 3. The maximum absolute atomic E-state index is 13.6. The Balaban J connectivity index is 0.976. The maximum Gasteiger partial charge on any atom is 0.417 e. The molecule has 4 heterocycles. The summed E-state index contributed by atoms with van der Waals surface area (Å²) in [7, 11) is -1.30. The number of halogens is 4. The molecular formula is C36H49ClF3N7O3Si. The van der Waals surface area contributed by atoms with Gasteiger partial charge in [-0.2, -0.15) is 13.2 Å². The third kappa shape index (κ3) is 8.26. The van der Waals surface area contributed by atoms with Crippen molar-refractivity contribution in [1.29, 1.82) is 0 Å². The van der Waals surface area contributed by atoms with Gasteiger partial charge in [0.1, 0.15) is 36.5 Å². The van der Waals surface area contributed by atoms with Crippen LogP contribution in [0.2, 0.25) is 30.7 Å². The molecule has 0 amide bonds. The van der Waals surface area contributed by atoms with Gasteiger partial charge in [0.25, 0.3) is 0 Å². The third-order valence-electron chi connectivity index (χ3n) is 10.2. The largest absolute Gasteiger partial charge is 0.417 e. The van der Waals surface area contributed by atoms with Crippen molar-refractivity contribution < 1.29 is 27.4 Å². The lowest BCUT2D eigenvalue weighted by molar-refractivity contribution is -0.160. The zero-order valence-corrected chi connectivity index (χ0v) is 31.8. The number of hydrogen-bond donors (Lipinski definition) is 2. The fourth-order valence-corrected chi connectivity index (χ4v) is 8.43. The van der Waals surface area contributed by atoms with Gasteiger partial charge in [0.05, 0.1) is 39.2 Å². The molecule has 3 aromatic heterocycles. The monoisotopic (exact) mass is 747 g/mol. The lowest BCUT2D eigenvalue weighted by Gasteiger charge is -2.24. The van der Waals surface area contributed by atoms with E-state index >= 15 is 0 Å². The molecule has 0 spiro atoms. The van der Waals surface area contributed by atoms with Gasteiger partial charge in [-0.05, 0) is 76.7 Å². The molecule has 3 fully saturated rings. The first-order chi connectivity index (χ1) is 24.2. The Kier molecular flexibility index (Phi) is 10.2. The van der Waals surface area contributed by atoms with E-state index in [4.69, 9.17) is 25.8 Å². The molecule has 278 valence electrons. The molecule has 2 saturated carbocycles. The molecule has 0 bridgehead atoms. The topological polar surface area (TPSA) is 100 Å². The molecule has 1 aromatic carbocycles. The minimum atomic E-state index is -4.56. The molecule has 10 nitrogen and oxygen atoms in total. The van der Waals surface area contributed by atoms with Crippen molar-refractivity contribution in [1.82, 2.24) is 29.4 Å². The third-order valence-corrected chi connectivity index (χ3v) is 12.2. The first-order valence-electron chi connectivity index (χ1n) is 18.1. The van der Waals surface area contributed by atoms with Crippen LogP contribution in [0.4, 0.5) is 19.0 Å².